The Bertz CT molecular complexity index is 999. The number of rotatable bonds is 7. The summed E-state index contributed by atoms with van der Waals surface area (Å²) in [7, 11) is 0. The molecule has 30 heavy (non-hydrogen) atoms. The topological polar surface area (TPSA) is 96.0 Å². The van der Waals surface area contributed by atoms with Crippen LogP contribution in [0.3, 0.4) is 0 Å². The van der Waals surface area contributed by atoms with Gasteiger partial charge in [0.05, 0.1) is 0 Å². The number of nitrogens with one attached hydrogen (secondary N) is 3. The van der Waals surface area contributed by atoms with Crippen LogP contribution in [-0.2, 0) is 16.0 Å². The van der Waals surface area contributed by atoms with Gasteiger partial charge in [0.25, 0.3) is 0 Å². The fourth-order valence-corrected chi connectivity index (χ4v) is 3.07. The first-order valence-corrected chi connectivity index (χ1v) is 9.70. The molecule has 7 heteroatoms. The van der Waals surface area contributed by atoms with Gasteiger partial charge in [0.15, 0.2) is 0 Å². The summed E-state index contributed by atoms with van der Waals surface area (Å²) in [6, 6.07) is 18.1. The lowest BCUT2D eigenvalue weighted by Gasteiger charge is -2.19. The molecule has 154 valence electrons. The molecule has 2 amide bonds. The van der Waals surface area contributed by atoms with Crippen molar-refractivity contribution in [3.05, 3.63) is 77.6 Å². The van der Waals surface area contributed by atoms with Crippen molar-refractivity contribution in [3.63, 3.8) is 0 Å². The van der Waals surface area contributed by atoms with Crippen molar-refractivity contribution in [2.24, 2.45) is 0 Å². The summed E-state index contributed by atoms with van der Waals surface area (Å²) < 4.78 is 0. The van der Waals surface area contributed by atoms with Crippen LogP contribution in [0, 0.1) is 13.8 Å². The summed E-state index contributed by atoms with van der Waals surface area (Å²) in [5.41, 5.74) is 3.99. The van der Waals surface area contributed by atoms with Crippen molar-refractivity contribution in [1.82, 2.24) is 9.97 Å². The first kappa shape index (κ1) is 21.0. The zero-order valence-corrected chi connectivity index (χ0v) is 17.3. The zero-order valence-electron chi connectivity index (χ0n) is 17.3. The maximum atomic E-state index is 13.1. The van der Waals surface area contributed by atoms with Crippen LogP contribution in [-0.4, -0.2) is 27.8 Å². The largest absolute Gasteiger partial charge is 0.342 e. The second-order valence-electron chi connectivity index (χ2n) is 7.11. The van der Waals surface area contributed by atoms with E-state index in [0.29, 0.717) is 23.7 Å². The van der Waals surface area contributed by atoms with Gasteiger partial charge in [-0.2, -0.15) is 0 Å². The highest BCUT2D eigenvalue weighted by atomic mass is 16.2. The summed E-state index contributed by atoms with van der Waals surface area (Å²) in [5, 5.41) is 8.80. The molecule has 0 aliphatic rings. The molecule has 1 atom stereocenters. The Balaban J connectivity index is 1.77. The van der Waals surface area contributed by atoms with Gasteiger partial charge in [0, 0.05) is 36.1 Å². The van der Waals surface area contributed by atoms with Gasteiger partial charge in [-0.1, -0.05) is 30.3 Å². The molecule has 1 aromatic heterocycles. The lowest BCUT2D eigenvalue weighted by molar-refractivity contribution is -0.117. The van der Waals surface area contributed by atoms with Crippen LogP contribution in [0.1, 0.15) is 23.9 Å². The molecule has 0 fully saturated rings. The van der Waals surface area contributed by atoms with Crippen LogP contribution >= 0.6 is 0 Å². The van der Waals surface area contributed by atoms with E-state index in [0.717, 1.165) is 17.0 Å². The number of aromatic nitrogens is 2. The van der Waals surface area contributed by atoms with Crippen LogP contribution < -0.4 is 16.0 Å². The minimum Gasteiger partial charge on any atom is -0.342 e. The molecule has 2 aromatic carbocycles. The van der Waals surface area contributed by atoms with Gasteiger partial charge in [0.1, 0.15) is 6.04 Å². The van der Waals surface area contributed by atoms with Crippen molar-refractivity contribution in [1.29, 1.82) is 0 Å². The Labute approximate surface area is 176 Å². The first-order valence-electron chi connectivity index (χ1n) is 9.70. The molecule has 7 nitrogen and oxygen atoms in total. The van der Waals surface area contributed by atoms with Gasteiger partial charge in [-0.15, -0.1) is 0 Å². The second-order valence-corrected chi connectivity index (χ2v) is 7.11. The number of anilines is 3. The first-order chi connectivity index (χ1) is 14.4. The normalized spacial score (nSPS) is 11.4. The summed E-state index contributed by atoms with van der Waals surface area (Å²) in [6.45, 7) is 5.23. The monoisotopic (exact) mass is 403 g/mol. The molecule has 0 saturated heterocycles. The van der Waals surface area contributed by atoms with Gasteiger partial charge < -0.3 is 16.0 Å². The molecule has 3 rings (SSSR count). The Kier molecular flexibility index (Phi) is 6.75. The van der Waals surface area contributed by atoms with Crippen LogP contribution in [0.25, 0.3) is 0 Å². The van der Waals surface area contributed by atoms with E-state index in [4.69, 9.17) is 0 Å². The van der Waals surface area contributed by atoms with Crippen molar-refractivity contribution in [3.8, 4) is 0 Å². The van der Waals surface area contributed by atoms with Gasteiger partial charge >= 0.3 is 0 Å². The highest BCUT2D eigenvalue weighted by molar-refractivity contribution is 5.97. The standard InChI is InChI=1S/C23H25N5O2/c1-15-13-16(2)25-23(24-15)28-21(14-18-7-5-4-6-8-18)22(30)27-20-11-9-19(10-12-20)26-17(3)29/h4-13,21H,14H2,1-3H3,(H,26,29)(H,27,30)(H,24,25,28). The number of hydrogen-bond acceptors (Lipinski definition) is 5. The average Bonchev–Trinajstić information content (AvgIpc) is 2.68. The maximum absolute atomic E-state index is 13.1. The molecule has 1 unspecified atom stereocenters. The van der Waals surface area contributed by atoms with Gasteiger partial charge in [-0.3, -0.25) is 9.59 Å². The predicted octanol–water partition coefficient (Wildman–Crippen LogP) is 3.71. The maximum Gasteiger partial charge on any atom is 0.247 e. The number of carbonyl (C=O) groups is 2. The molecule has 3 aromatic rings. The number of nitrogens with zero attached hydrogens (tertiary/aromatic N) is 2. The summed E-state index contributed by atoms with van der Waals surface area (Å²) in [4.78, 5) is 33.0. The Morgan fingerprint density at radius 1 is 0.867 bits per heavy atom. The molecule has 3 N–H and O–H groups in total. The lowest BCUT2D eigenvalue weighted by atomic mass is 10.1. The summed E-state index contributed by atoms with van der Waals surface area (Å²) in [5.74, 6) is 0.0748. The van der Waals surface area contributed by atoms with E-state index in [1.54, 1.807) is 24.3 Å². The highest BCUT2D eigenvalue weighted by Crippen LogP contribution is 2.16. The van der Waals surface area contributed by atoms with E-state index in [-0.39, 0.29) is 11.8 Å². The van der Waals surface area contributed by atoms with Crippen molar-refractivity contribution in [2.75, 3.05) is 16.0 Å². The van der Waals surface area contributed by atoms with E-state index in [9.17, 15) is 9.59 Å². The Hall–Kier alpha value is -3.74. The van der Waals surface area contributed by atoms with Crippen LogP contribution in [0.4, 0.5) is 17.3 Å². The SMILES string of the molecule is CC(=O)Nc1ccc(NC(=O)C(Cc2ccccc2)Nc2nc(C)cc(C)n2)cc1. The minimum atomic E-state index is -0.566. The van der Waals surface area contributed by atoms with Crippen molar-refractivity contribution >= 4 is 29.1 Å². The van der Waals surface area contributed by atoms with Crippen molar-refractivity contribution < 1.29 is 9.59 Å². The highest BCUT2D eigenvalue weighted by Gasteiger charge is 2.20. The molecule has 0 aliphatic heterocycles. The average molecular weight is 403 g/mol. The third-order valence-corrected chi connectivity index (χ3v) is 4.36. The van der Waals surface area contributed by atoms with Crippen LogP contribution in [0.5, 0.6) is 0 Å². The minimum absolute atomic E-state index is 0.146. The lowest BCUT2D eigenvalue weighted by Crippen LogP contribution is -2.37. The molecule has 0 radical (unpaired) electrons. The van der Waals surface area contributed by atoms with E-state index in [2.05, 4.69) is 25.9 Å². The molecule has 0 saturated carbocycles. The number of benzene rings is 2. The van der Waals surface area contributed by atoms with Crippen LogP contribution in [0.15, 0.2) is 60.7 Å². The zero-order chi connectivity index (χ0) is 21.5. The number of amides is 2. The van der Waals surface area contributed by atoms with Gasteiger partial charge in [0.2, 0.25) is 17.8 Å². The third-order valence-electron chi connectivity index (χ3n) is 4.36. The Morgan fingerprint density at radius 3 is 2.00 bits per heavy atom. The number of carbonyl (C=O) groups excluding carboxylic acids is 2. The fourth-order valence-electron chi connectivity index (χ4n) is 3.07. The predicted molar refractivity (Wildman–Crippen MR) is 118 cm³/mol. The molecule has 0 bridgehead atoms. The molecule has 0 aliphatic carbocycles. The van der Waals surface area contributed by atoms with Crippen molar-refractivity contribution in [2.45, 2.75) is 33.2 Å². The van der Waals surface area contributed by atoms with Crippen LogP contribution in [0.2, 0.25) is 0 Å². The van der Waals surface area contributed by atoms with Gasteiger partial charge in [-0.05, 0) is 49.7 Å². The summed E-state index contributed by atoms with van der Waals surface area (Å²) >= 11 is 0. The molecular weight excluding hydrogens is 378 g/mol. The Morgan fingerprint density at radius 2 is 1.43 bits per heavy atom. The van der Waals surface area contributed by atoms with E-state index < -0.39 is 6.04 Å². The summed E-state index contributed by atoms with van der Waals surface area (Å²) in [6.07, 6.45) is 0.479. The third kappa shape index (κ3) is 6.13. The number of aryl methyl sites for hydroxylation is 2. The van der Waals surface area contributed by atoms with E-state index in [1.165, 1.54) is 6.92 Å². The quantitative estimate of drug-likeness (QED) is 0.559. The molecule has 1 heterocycles. The number of hydrogen-bond donors (Lipinski definition) is 3. The molecule has 0 spiro atoms. The van der Waals surface area contributed by atoms with E-state index >= 15 is 0 Å². The van der Waals surface area contributed by atoms with Gasteiger partial charge in [-0.25, -0.2) is 9.97 Å². The smallest absolute Gasteiger partial charge is 0.247 e. The van der Waals surface area contributed by atoms with E-state index in [1.807, 2.05) is 50.2 Å². The molecular formula is C23H25N5O2. The second kappa shape index (κ2) is 9.65. The fraction of sp³-hybridized carbons (Fsp3) is 0.217.